The Kier molecular flexibility index (Phi) is 4.60. The molecule has 0 radical (unpaired) electrons. The largest absolute Gasteiger partial charge is 0.494 e. The van der Waals surface area contributed by atoms with Gasteiger partial charge in [-0.25, -0.2) is 9.18 Å². The van der Waals surface area contributed by atoms with Crippen LogP contribution in [0.3, 0.4) is 0 Å². The molecule has 0 saturated carbocycles. The van der Waals surface area contributed by atoms with Crippen molar-refractivity contribution in [3.63, 3.8) is 0 Å². The molecule has 0 aliphatic carbocycles. The van der Waals surface area contributed by atoms with Crippen LogP contribution in [-0.4, -0.2) is 30.2 Å². The Morgan fingerprint density at radius 3 is 2.68 bits per heavy atom. The summed E-state index contributed by atoms with van der Waals surface area (Å²) in [4.78, 5) is 13.9. The van der Waals surface area contributed by atoms with Crippen molar-refractivity contribution in [3.05, 3.63) is 29.1 Å². The number of carbonyl (C=O) groups is 1. The van der Waals surface area contributed by atoms with Crippen molar-refractivity contribution < 1.29 is 18.7 Å². The van der Waals surface area contributed by atoms with Crippen LogP contribution in [0.2, 0.25) is 0 Å². The van der Waals surface area contributed by atoms with Crippen molar-refractivity contribution in [2.75, 3.05) is 13.7 Å². The average Bonchev–Trinajstić information content (AvgIpc) is 2.56. The van der Waals surface area contributed by atoms with E-state index in [9.17, 15) is 9.18 Å². The minimum atomic E-state index is -0.561. The van der Waals surface area contributed by atoms with Crippen LogP contribution in [0.15, 0.2) is 12.1 Å². The van der Waals surface area contributed by atoms with E-state index in [2.05, 4.69) is 0 Å². The Morgan fingerprint density at radius 1 is 1.41 bits per heavy atom. The Bertz CT molecular complexity index is 569. The molecule has 1 atom stereocenters. The van der Waals surface area contributed by atoms with Gasteiger partial charge in [0.1, 0.15) is 5.60 Å². The van der Waals surface area contributed by atoms with Crippen molar-refractivity contribution >= 4 is 6.09 Å². The summed E-state index contributed by atoms with van der Waals surface area (Å²) in [7, 11) is 1.41. The number of halogens is 1. The first kappa shape index (κ1) is 16.5. The van der Waals surface area contributed by atoms with Gasteiger partial charge in [0.15, 0.2) is 11.6 Å². The second kappa shape index (κ2) is 6.12. The molecule has 1 heterocycles. The first-order valence-electron chi connectivity index (χ1n) is 7.31. The standard InChI is InChI=1S/C16H23FN2O3/c1-16(2,3)22-15(20)19-6-5-13(18)11-8-12(17)14(21-4)7-10(11)9-19/h7-8,13H,5-6,9,18H2,1-4H3/t13-/m0/s1. The van der Waals surface area contributed by atoms with Gasteiger partial charge in [-0.2, -0.15) is 0 Å². The van der Waals surface area contributed by atoms with E-state index < -0.39 is 17.5 Å². The maximum Gasteiger partial charge on any atom is 0.410 e. The number of nitrogens with two attached hydrogens (primary N) is 1. The lowest BCUT2D eigenvalue weighted by molar-refractivity contribution is 0.0235. The smallest absolute Gasteiger partial charge is 0.410 e. The topological polar surface area (TPSA) is 64.8 Å². The number of nitrogens with zero attached hydrogens (tertiary/aromatic N) is 1. The normalized spacial score (nSPS) is 18.5. The van der Waals surface area contributed by atoms with Crippen molar-refractivity contribution in [3.8, 4) is 5.75 Å². The number of rotatable bonds is 1. The summed E-state index contributed by atoms with van der Waals surface area (Å²) >= 11 is 0. The van der Waals surface area contributed by atoms with Gasteiger partial charge < -0.3 is 20.1 Å². The third-order valence-electron chi connectivity index (χ3n) is 3.54. The predicted octanol–water partition coefficient (Wildman–Crippen LogP) is 2.97. The molecule has 22 heavy (non-hydrogen) atoms. The molecule has 1 amide bonds. The number of fused-ring (bicyclic) bond motifs is 1. The number of amides is 1. The van der Waals surface area contributed by atoms with Gasteiger partial charge in [0.25, 0.3) is 0 Å². The van der Waals surface area contributed by atoms with Gasteiger partial charge in [0, 0.05) is 19.1 Å². The fourth-order valence-corrected chi connectivity index (χ4v) is 2.47. The Labute approximate surface area is 130 Å². The molecule has 1 aromatic rings. The lowest BCUT2D eigenvalue weighted by Gasteiger charge is -2.26. The van der Waals surface area contributed by atoms with Gasteiger partial charge in [-0.3, -0.25) is 0 Å². The van der Waals surface area contributed by atoms with Crippen LogP contribution >= 0.6 is 0 Å². The highest BCUT2D eigenvalue weighted by atomic mass is 19.1. The second-order valence-corrected chi connectivity index (χ2v) is 6.48. The van der Waals surface area contributed by atoms with Crippen LogP contribution < -0.4 is 10.5 Å². The molecule has 1 aliphatic heterocycles. The minimum absolute atomic E-state index is 0.150. The third-order valence-corrected chi connectivity index (χ3v) is 3.54. The maximum atomic E-state index is 13.9. The van der Waals surface area contributed by atoms with E-state index in [1.807, 2.05) is 20.8 Å². The summed E-state index contributed by atoms with van der Waals surface area (Å²) in [5.41, 5.74) is 7.05. The van der Waals surface area contributed by atoms with Crippen molar-refractivity contribution in [1.29, 1.82) is 0 Å². The van der Waals surface area contributed by atoms with Gasteiger partial charge in [-0.1, -0.05) is 0 Å². The summed E-state index contributed by atoms with van der Waals surface area (Å²) in [5.74, 6) is -0.292. The summed E-state index contributed by atoms with van der Waals surface area (Å²) in [6.45, 7) is 6.26. The monoisotopic (exact) mass is 310 g/mol. The predicted molar refractivity (Wildman–Crippen MR) is 81.1 cm³/mol. The van der Waals surface area contributed by atoms with Gasteiger partial charge >= 0.3 is 6.09 Å². The SMILES string of the molecule is COc1cc2c(cc1F)[C@@H](N)CCN(C(=O)OC(C)(C)C)C2. The van der Waals surface area contributed by atoms with E-state index in [0.717, 1.165) is 5.56 Å². The van der Waals surface area contributed by atoms with Crippen molar-refractivity contribution in [2.24, 2.45) is 5.73 Å². The molecule has 0 unspecified atom stereocenters. The summed E-state index contributed by atoms with van der Waals surface area (Å²) in [5, 5.41) is 0. The number of hydrogen-bond donors (Lipinski definition) is 1. The van der Waals surface area contributed by atoms with Gasteiger partial charge in [0.2, 0.25) is 0 Å². The molecule has 0 spiro atoms. The first-order chi connectivity index (χ1) is 10.2. The quantitative estimate of drug-likeness (QED) is 0.866. The number of methoxy groups -OCH3 is 1. The van der Waals surface area contributed by atoms with Gasteiger partial charge in [-0.15, -0.1) is 0 Å². The highest BCUT2D eigenvalue weighted by Crippen LogP contribution is 2.31. The number of hydrogen-bond acceptors (Lipinski definition) is 4. The molecule has 5 nitrogen and oxygen atoms in total. The Morgan fingerprint density at radius 2 is 2.09 bits per heavy atom. The summed E-state index contributed by atoms with van der Waals surface area (Å²) in [6, 6.07) is 2.69. The van der Waals surface area contributed by atoms with E-state index in [1.54, 1.807) is 11.0 Å². The number of carbonyl (C=O) groups excluding carboxylic acids is 1. The third kappa shape index (κ3) is 3.68. The molecule has 0 fully saturated rings. The Balaban J connectivity index is 2.29. The second-order valence-electron chi connectivity index (χ2n) is 6.48. The van der Waals surface area contributed by atoms with Crippen LogP contribution in [0, 0.1) is 5.82 Å². The van der Waals surface area contributed by atoms with E-state index in [1.165, 1.54) is 13.2 Å². The van der Waals surface area contributed by atoms with Crippen molar-refractivity contribution in [2.45, 2.75) is 45.4 Å². The molecule has 0 aromatic heterocycles. The fourth-order valence-electron chi connectivity index (χ4n) is 2.47. The Hall–Kier alpha value is -1.82. The molecule has 2 N–H and O–H groups in total. The van der Waals surface area contributed by atoms with E-state index in [0.29, 0.717) is 25.1 Å². The van der Waals surface area contributed by atoms with Crippen LogP contribution in [0.5, 0.6) is 5.75 Å². The first-order valence-corrected chi connectivity index (χ1v) is 7.31. The molecule has 6 heteroatoms. The fraction of sp³-hybridized carbons (Fsp3) is 0.562. The van der Waals surface area contributed by atoms with E-state index in [4.69, 9.17) is 15.2 Å². The zero-order chi connectivity index (χ0) is 16.5. The number of benzene rings is 1. The molecule has 0 bridgehead atoms. The zero-order valence-corrected chi connectivity index (χ0v) is 13.5. The van der Waals surface area contributed by atoms with Crippen LogP contribution in [0.4, 0.5) is 9.18 Å². The zero-order valence-electron chi connectivity index (χ0n) is 13.5. The van der Waals surface area contributed by atoms with Gasteiger partial charge in [0.05, 0.1) is 7.11 Å². The van der Waals surface area contributed by atoms with Crippen LogP contribution in [-0.2, 0) is 11.3 Å². The molecule has 122 valence electrons. The van der Waals surface area contributed by atoms with E-state index in [-0.39, 0.29) is 11.8 Å². The minimum Gasteiger partial charge on any atom is -0.494 e. The van der Waals surface area contributed by atoms with Crippen molar-refractivity contribution in [1.82, 2.24) is 4.90 Å². The molecular formula is C16H23FN2O3. The highest BCUT2D eigenvalue weighted by Gasteiger charge is 2.28. The molecule has 1 aromatic carbocycles. The van der Waals surface area contributed by atoms with Crippen LogP contribution in [0.25, 0.3) is 0 Å². The lowest BCUT2D eigenvalue weighted by atomic mass is 9.99. The van der Waals surface area contributed by atoms with E-state index >= 15 is 0 Å². The number of ether oxygens (including phenoxy) is 2. The lowest BCUT2D eigenvalue weighted by Crippen LogP contribution is -2.36. The molecule has 2 rings (SSSR count). The van der Waals surface area contributed by atoms with Crippen LogP contribution in [0.1, 0.15) is 44.4 Å². The summed E-state index contributed by atoms with van der Waals surface area (Å²) < 4.78 is 24.3. The maximum absolute atomic E-state index is 13.9. The average molecular weight is 310 g/mol. The van der Waals surface area contributed by atoms with Gasteiger partial charge in [-0.05, 0) is 50.5 Å². The molecule has 1 aliphatic rings. The molecule has 0 saturated heterocycles. The summed E-state index contributed by atoms with van der Waals surface area (Å²) in [6.07, 6.45) is 0.161. The highest BCUT2D eigenvalue weighted by molar-refractivity contribution is 5.68. The molecular weight excluding hydrogens is 287 g/mol.